The van der Waals surface area contributed by atoms with Crippen LogP contribution in [0.5, 0.6) is 0 Å². The second-order valence-corrected chi connectivity index (χ2v) is 6.48. The lowest BCUT2D eigenvalue weighted by atomic mass is 9.95. The maximum Gasteiger partial charge on any atom is 0.323 e. The lowest BCUT2D eigenvalue weighted by molar-refractivity contribution is -0.142. The molecule has 4 nitrogen and oxygen atoms in total. The van der Waals surface area contributed by atoms with Crippen LogP contribution in [0, 0.1) is 5.41 Å². The van der Waals surface area contributed by atoms with Crippen LogP contribution >= 0.6 is 0 Å². The van der Waals surface area contributed by atoms with Crippen LogP contribution in [0.3, 0.4) is 0 Å². The normalized spacial score (nSPS) is 15.9. The molecule has 0 rings (SSSR count). The predicted octanol–water partition coefficient (Wildman–Crippen LogP) is 1.94. The molecule has 0 aromatic carbocycles. The van der Waals surface area contributed by atoms with E-state index in [1.807, 2.05) is 0 Å². The van der Waals surface area contributed by atoms with Gasteiger partial charge >= 0.3 is 5.97 Å². The van der Waals surface area contributed by atoms with Crippen molar-refractivity contribution < 1.29 is 9.90 Å². The fraction of sp³-hybridized carbons (Fsp3) is 0.923. The van der Waals surface area contributed by atoms with E-state index in [2.05, 4.69) is 32.7 Å². The summed E-state index contributed by atoms with van der Waals surface area (Å²) in [6.45, 7) is 10.3. The summed E-state index contributed by atoms with van der Waals surface area (Å²) in [6.07, 6.45) is 2.38. The predicted molar refractivity (Wildman–Crippen MR) is 71.0 cm³/mol. The van der Waals surface area contributed by atoms with E-state index in [1.54, 1.807) is 6.92 Å². The van der Waals surface area contributed by atoms with E-state index >= 15 is 0 Å². The zero-order valence-electron chi connectivity index (χ0n) is 11.9. The zero-order chi connectivity index (χ0) is 13.7. The molecule has 0 aromatic rings. The van der Waals surface area contributed by atoms with Gasteiger partial charge in [-0.2, -0.15) is 0 Å². The highest BCUT2D eigenvalue weighted by atomic mass is 16.4. The molecule has 0 aliphatic carbocycles. The summed E-state index contributed by atoms with van der Waals surface area (Å²) in [6, 6.07) is 0. The first-order valence-corrected chi connectivity index (χ1v) is 6.25. The third-order valence-corrected chi connectivity index (χ3v) is 2.72. The Labute approximate surface area is 105 Å². The Morgan fingerprint density at radius 2 is 1.76 bits per heavy atom. The highest BCUT2D eigenvalue weighted by Gasteiger charge is 2.26. The molecule has 3 N–H and O–H groups in total. The van der Waals surface area contributed by atoms with E-state index in [0.717, 1.165) is 25.9 Å². The summed E-state index contributed by atoms with van der Waals surface area (Å²) >= 11 is 0. The van der Waals surface area contributed by atoms with E-state index in [-0.39, 0.29) is 0 Å². The molecule has 4 heteroatoms. The lowest BCUT2D eigenvalue weighted by Gasteiger charge is -2.26. The molecule has 1 unspecified atom stereocenters. The van der Waals surface area contributed by atoms with Crippen molar-refractivity contribution in [1.29, 1.82) is 0 Å². The van der Waals surface area contributed by atoms with E-state index in [0.29, 0.717) is 11.8 Å². The van der Waals surface area contributed by atoms with Crippen molar-refractivity contribution in [3.8, 4) is 0 Å². The van der Waals surface area contributed by atoms with E-state index < -0.39 is 11.5 Å². The Balaban J connectivity index is 3.75. The molecule has 0 saturated carbocycles. The van der Waals surface area contributed by atoms with Crippen LogP contribution in [0.15, 0.2) is 0 Å². The van der Waals surface area contributed by atoms with Crippen molar-refractivity contribution in [2.24, 2.45) is 11.1 Å². The summed E-state index contributed by atoms with van der Waals surface area (Å²) in [7, 11) is 2.10. The summed E-state index contributed by atoms with van der Waals surface area (Å²) < 4.78 is 0. The summed E-state index contributed by atoms with van der Waals surface area (Å²) in [5.74, 6) is -0.916. The van der Waals surface area contributed by atoms with Gasteiger partial charge < -0.3 is 15.7 Å². The van der Waals surface area contributed by atoms with Gasteiger partial charge in [-0.25, -0.2) is 0 Å². The number of carboxylic acid groups (broad SMARTS) is 1. The highest BCUT2D eigenvalue weighted by molar-refractivity contribution is 5.77. The molecule has 0 amide bonds. The number of hydrogen-bond donors (Lipinski definition) is 2. The summed E-state index contributed by atoms with van der Waals surface area (Å²) in [5.41, 5.74) is 4.89. The number of hydrogen-bond acceptors (Lipinski definition) is 3. The largest absolute Gasteiger partial charge is 0.480 e. The van der Waals surface area contributed by atoms with Crippen molar-refractivity contribution in [3.05, 3.63) is 0 Å². The van der Waals surface area contributed by atoms with Crippen LogP contribution in [0.1, 0.15) is 47.0 Å². The third-order valence-electron chi connectivity index (χ3n) is 2.72. The second-order valence-electron chi connectivity index (χ2n) is 6.48. The standard InChI is InChI=1S/C13H28N2O2/c1-12(2,3)10-15(5)9-7-6-8-13(4,14)11(16)17/h6-10,14H2,1-5H3,(H,16,17). The van der Waals surface area contributed by atoms with Crippen molar-refractivity contribution in [2.75, 3.05) is 20.1 Å². The molecule has 0 spiro atoms. The summed E-state index contributed by atoms with van der Waals surface area (Å²) in [5, 5.41) is 8.87. The number of carboxylic acids is 1. The molecule has 0 heterocycles. The van der Waals surface area contributed by atoms with Gasteiger partial charge in [0.1, 0.15) is 5.54 Å². The average Bonchev–Trinajstić information content (AvgIpc) is 2.09. The topological polar surface area (TPSA) is 66.6 Å². The summed E-state index contributed by atoms with van der Waals surface area (Å²) in [4.78, 5) is 13.1. The molecule has 1 atom stereocenters. The molecular formula is C13H28N2O2. The van der Waals surface area contributed by atoms with Crippen LogP contribution in [-0.4, -0.2) is 41.7 Å². The molecule has 102 valence electrons. The Bertz CT molecular complexity index is 244. The minimum absolute atomic E-state index is 0.304. The first kappa shape index (κ1) is 16.4. The molecule has 0 aliphatic rings. The number of nitrogens with two attached hydrogens (primary N) is 1. The lowest BCUT2D eigenvalue weighted by Crippen LogP contribution is -2.44. The van der Waals surface area contributed by atoms with Crippen molar-refractivity contribution in [2.45, 2.75) is 52.5 Å². The van der Waals surface area contributed by atoms with Crippen LogP contribution in [0.2, 0.25) is 0 Å². The van der Waals surface area contributed by atoms with Gasteiger partial charge in [-0.05, 0) is 45.2 Å². The number of rotatable bonds is 7. The highest BCUT2D eigenvalue weighted by Crippen LogP contribution is 2.15. The Morgan fingerprint density at radius 1 is 1.24 bits per heavy atom. The molecule has 0 fully saturated rings. The second kappa shape index (κ2) is 6.36. The van der Waals surface area contributed by atoms with Gasteiger partial charge in [0.15, 0.2) is 0 Å². The van der Waals surface area contributed by atoms with Gasteiger partial charge in [0.25, 0.3) is 0 Å². The minimum atomic E-state index is -1.08. The van der Waals surface area contributed by atoms with Crippen LogP contribution in [0.25, 0.3) is 0 Å². The van der Waals surface area contributed by atoms with Crippen molar-refractivity contribution in [3.63, 3.8) is 0 Å². The molecule has 0 saturated heterocycles. The van der Waals surface area contributed by atoms with Gasteiger partial charge in [-0.15, -0.1) is 0 Å². The first-order chi connectivity index (χ1) is 7.54. The number of nitrogens with zero attached hydrogens (tertiary/aromatic N) is 1. The Hall–Kier alpha value is -0.610. The molecular weight excluding hydrogens is 216 g/mol. The van der Waals surface area contributed by atoms with Gasteiger partial charge in [0.05, 0.1) is 0 Å². The minimum Gasteiger partial charge on any atom is -0.480 e. The number of carbonyl (C=O) groups is 1. The molecule has 17 heavy (non-hydrogen) atoms. The van der Waals surface area contributed by atoms with Crippen LogP contribution in [-0.2, 0) is 4.79 Å². The van der Waals surface area contributed by atoms with Crippen LogP contribution < -0.4 is 5.73 Å². The maximum absolute atomic E-state index is 10.8. The van der Waals surface area contributed by atoms with Gasteiger partial charge in [-0.1, -0.05) is 20.8 Å². The third kappa shape index (κ3) is 8.16. The fourth-order valence-corrected chi connectivity index (χ4v) is 1.87. The van der Waals surface area contributed by atoms with Gasteiger partial charge in [0, 0.05) is 6.54 Å². The van der Waals surface area contributed by atoms with Crippen molar-refractivity contribution >= 4 is 5.97 Å². The SMILES string of the molecule is CN(CCCCC(C)(N)C(=O)O)CC(C)(C)C. The Kier molecular flexibility index (Phi) is 6.13. The quantitative estimate of drug-likeness (QED) is 0.672. The van der Waals surface area contributed by atoms with E-state index in [9.17, 15) is 4.79 Å². The number of aliphatic carboxylic acids is 1. The first-order valence-electron chi connectivity index (χ1n) is 6.25. The monoisotopic (exact) mass is 244 g/mol. The maximum atomic E-state index is 10.8. The smallest absolute Gasteiger partial charge is 0.323 e. The molecule has 0 aliphatic heterocycles. The molecule has 0 bridgehead atoms. The zero-order valence-corrected chi connectivity index (χ0v) is 11.9. The van der Waals surface area contributed by atoms with Gasteiger partial charge in [0.2, 0.25) is 0 Å². The molecule has 0 radical (unpaired) electrons. The van der Waals surface area contributed by atoms with E-state index in [1.165, 1.54) is 0 Å². The molecule has 0 aromatic heterocycles. The average molecular weight is 244 g/mol. The fourth-order valence-electron chi connectivity index (χ4n) is 1.87. The van der Waals surface area contributed by atoms with Crippen LogP contribution in [0.4, 0.5) is 0 Å². The van der Waals surface area contributed by atoms with Gasteiger partial charge in [-0.3, -0.25) is 4.79 Å². The van der Waals surface area contributed by atoms with Crippen molar-refractivity contribution in [1.82, 2.24) is 4.90 Å². The number of unbranched alkanes of at least 4 members (excludes halogenated alkanes) is 1. The van der Waals surface area contributed by atoms with E-state index in [4.69, 9.17) is 10.8 Å². The Morgan fingerprint density at radius 3 is 2.18 bits per heavy atom.